The second-order valence-corrected chi connectivity index (χ2v) is 3.03. The zero-order valence-electron chi connectivity index (χ0n) is 8.86. The zero-order chi connectivity index (χ0) is 13.1. The fraction of sp³-hybridized carbons (Fsp3) is 0.333. The lowest BCUT2D eigenvalue weighted by atomic mass is 10.1. The summed E-state index contributed by atoms with van der Waals surface area (Å²) < 4.78 is 47.0. The molecule has 8 heteroatoms. The Kier molecular flexibility index (Phi) is 4.25. The van der Waals surface area contributed by atoms with Gasteiger partial charge in [0.05, 0.1) is 12.2 Å². The Morgan fingerprint density at radius 1 is 1.29 bits per heavy atom. The lowest BCUT2D eigenvalue weighted by molar-refractivity contribution is -0.138. The monoisotopic (exact) mass is 250 g/mol. The van der Waals surface area contributed by atoms with Crippen LogP contribution in [-0.2, 0) is 6.18 Å². The molecule has 2 N–H and O–H groups in total. The van der Waals surface area contributed by atoms with Crippen molar-refractivity contribution in [3.8, 4) is 11.5 Å². The summed E-state index contributed by atoms with van der Waals surface area (Å²) in [7, 11) is -2.31. The first-order chi connectivity index (χ1) is 7.84. The molecule has 0 bridgehead atoms. The quantitative estimate of drug-likeness (QED) is 0.794. The molecule has 0 aliphatic heterocycles. The molecule has 0 saturated carbocycles. The van der Waals surface area contributed by atoms with E-state index in [1.165, 1.54) is 6.07 Å². The number of rotatable bonds is 4. The van der Waals surface area contributed by atoms with E-state index in [0.29, 0.717) is 0 Å². The van der Waals surface area contributed by atoms with Crippen molar-refractivity contribution in [1.29, 1.82) is 0 Å². The van der Waals surface area contributed by atoms with Gasteiger partial charge in [-0.05, 0) is 25.1 Å². The smallest absolute Gasteiger partial charge is 0.511 e. The highest BCUT2D eigenvalue weighted by molar-refractivity contribution is 6.33. The van der Waals surface area contributed by atoms with Crippen molar-refractivity contribution in [2.45, 2.75) is 13.1 Å². The summed E-state index contributed by atoms with van der Waals surface area (Å²) >= 11 is 0. The molecule has 1 aromatic carbocycles. The Labute approximate surface area is 95.8 Å². The first-order valence-electron chi connectivity index (χ1n) is 4.71. The Bertz CT molecular complexity index is 381. The standard InChI is InChI=1S/C9H10BF3O4/c1-2-16-6-3-4-8(17-10(14)15)7(5-6)9(11,12)13/h3-5,14-15H,2H2,1H3. The van der Waals surface area contributed by atoms with E-state index in [2.05, 4.69) is 4.65 Å². The molecule has 0 aromatic heterocycles. The van der Waals surface area contributed by atoms with Crippen LogP contribution < -0.4 is 9.39 Å². The number of benzene rings is 1. The van der Waals surface area contributed by atoms with Gasteiger partial charge in [-0.1, -0.05) is 0 Å². The predicted octanol–water partition coefficient (Wildman–Crippen LogP) is 1.45. The third kappa shape index (κ3) is 3.83. The SMILES string of the molecule is CCOc1ccc(OB(O)O)c(C(F)(F)F)c1. The number of hydrogen-bond donors (Lipinski definition) is 2. The average Bonchev–Trinajstić information content (AvgIpc) is 2.18. The summed E-state index contributed by atoms with van der Waals surface area (Å²) in [6, 6.07) is 2.95. The maximum Gasteiger partial charge on any atom is 0.707 e. The Morgan fingerprint density at radius 3 is 2.41 bits per heavy atom. The highest BCUT2D eigenvalue weighted by Gasteiger charge is 2.35. The molecule has 1 aromatic rings. The van der Waals surface area contributed by atoms with Gasteiger partial charge in [0.25, 0.3) is 0 Å². The molecule has 0 unspecified atom stereocenters. The van der Waals surface area contributed by atoms with E-state index in [4.69, 9.17) is 14.8 Å². The lowest BCUT2D eigenvalue weighted by Gasteiger charge is -2.15. The maximum atomic E-state index is 12.6. The predicted molar refractivity (Wildman–Crippen MR) is 53.4 cm³/mol. The topological polar surface area (TPSA) is 58.9 Å². The fourth-order valence-electron chi connectivity index (χ4n) is 1.20. The molecule has 0 spiro atoms. The van der Waals surface area contributed by atoms with Gasteiger partial charge in [0.2, 0.25) is 0 Å². The maximum absolute atomic E-state index is 12.6. The van der Waals surface area contributed by atoms with E-state index in [1.807, 2.05) is 0 Å². The summed E-state index contributed by atoms with van der Waals surface area (Å²) in [4.78, 5) is 0. The first-order valence-corrected chi connectivity index (χ1v) is 4.71. The minimum Gasteiger partial charge on any atom is -0.511 e. The van der Waals surface area contributed by atoms with Crippen LogP contribution in [-0.4, -0.2) is 24.0 Å². The second-order valence-electron chi connectivity index (χ2n) is 3.03. The van der Waals surface area contributed by atoms with Crippen LogP contribution in [0.25, 0.3) is 0 Å². The lowest BCUT2D eigenvalue weighted by Crippen LogP contribution is -2.22. The van der Waals surface area contributed by atoms with Gasteiger partial charge in [-0.3, -0.25) is 0 Å². The molecule has 4 nitrogen and oxygen atoms in total. The summed E-state index contributed by atoms with van der Waals surface area (Å²) in [6.45, 7) is 1.86. The Hall–Kier alpha value is -1.41. The molecule has 0 aliphatic rings. The van der Waals surface area contributed by atoms with Crippen LogP contribution in [0.15, 0.2) is 18.2 Å². The minimum absolute atomic E-state index is 0.0274. The molecule has 0 fully saturated rings. The Balaban J connectivity index is 3.12. The van der Waals surface area contributed by atoms with Crippen LogP contribution >= 0.6 is 0 Å². The molecule has 1 rings (SSSR count). The van der Waals surface area contributed by atoms with Crippen LogP contribution in [0.5, 0.6) is 11.5 Å². The molecule has 0 radical (unpaired) electrons. The minimum atomic E-state index is -4.67. The van der Waals surface area contributed by atoms with E-state index < -0.39 is 24.8 Å². The fourth-order valence-corrected chi connectivity index (χ4v) is 1.20. The normalized spacial score (nSPS) is 11.2. The third-order valence-electron chi connectivity index (χ3n) is 1.80. The molecule has 0 aliphatic carbocycles. The van der Waals surface area contributed by atoms with Crippen molar-refractivity contribution in [2.75, 3.05) is 6.61 Å². The van der Waals surface area contributed by atoms with Crippen molar-refractivity contribution >= 4 is 7.32 Å². The van der Waals surface area contributed by atoms with E-state index >= 15 is 0 Å². The number of ether oxygens (including phenoxy) is 1. The van der Waals surface area contributed by atoms with Gasteiger partial charge in [-0.2, -0.15) is 13.2 Å². The highest BCUT2D eigenvalue weighted by Crippen LogP contribution is 2.38. The molecule has 0 amide bonds. The van der Waals surface area contributed by atoms with Gasteiger partial charge in [-0.15, -0.1) is 0 Å². The van der Waals surface area contributed by atoms with Gasteiger partial charge in [0.1, 0.15) is 11.5 Å². The molecule has 0 atom stereocenters. The van der Waals surface area contributed by atoms with E-state index in [-0.39, 0.29) is 12.4 Å². The van der Waals surface area contributed by atoms with Gasteiger partial charge < -0.3 is 19.4 Å². The van der Waals surface area contributed by atoms with Crippen molar-refractivity contribution in [2.24, 2.45) is 0 Å². The molecule has 94 valence electrons. The number of halogens is 3. The van der Waals surface area contributed by atoms with Crippen LogP contribution in [0.3, 0.4) is 0 Å². The second kappa shape index (κ2) is 5.28. The number of alkyl halides is 3. The van der Waals surface area contributed by atoms with Crippen LogP contribution in [0.1, 0.15) is 12.5 Å². The molecule has 0 heterocycles. The van der Waals surface area contributed by atoms with E-state index in [0.717, 1.165) is 12.1 Å². The van der Waals surface area contributed by atoms with Crippen molar-refractivity contribution in [3.63, 3.8) is 0 Å². The largest absolute Gasteiger partial charge is 0.707 e. The van der Waals surface area contributed by atoms with E-state index in [1.54, 1.807) is 6.92 Å². The molecule has 0 saturated heterocycles. The van der Waals surface area contributed by atoms with Crippen LogP contribution in [0.2, 0.25) is 0 Å². The molecule has 17 heavy (non-hydrogen) atoms. The van der Waals surface area contributed by atoms with Gasteiger partial charge >= 0.3 is 13.5 Å². The summed E-state index contributed by atoms with van der Waals surface area (Å²) in [5.41, 5.74) is -1.13. The van der Waals surface area contributed by atoms with Gasteiger partial charge in [0.15, 0.2) is 0 Å². The van der Waals surface area contributed by atoms with Crippen molar-refractivity contribution in [3.05, 3.63) is 23.8 Å². The van der Waals surface area contributed by atoms with Crippen molar-refractivity contribution < 1.29 is 32.6 Å². The highest BCUT2D eigenvalue weighted by atomic mass is 19.4. The zero-order valence-corrected chi connectivity index (χ0v) is 8.86. The van der Waals surface area contributed by atoms with Gasteiger partial charge in [0, 0.05) is 0 Å². The summed E-state index contributed by atoms with van der Waals surface area (Å²) in [6.07, 6.45) is -4.67. The van der Waals surface area contributed by atoms with Crippen LogP contribution in [0, 0.1) is 0 Å². The van der Waals surface area contributed by atoms with Crippen molar-refractivity contribution in [1.82, 2.24) is 0 Å². The Morgan fingerprint density at radius 2 is 1.94 bits per heavy atom. The first kappa shape index (κ1) is 13.7. The molecular formula is C9H10BF3O4. The third-order valence-corrected chi connectivity index (χ3v) is 1.80. The summed E-state index contributed by atoms with van der Waals surface area (Å²) in [5.74, 6) is -0.643. The van der Waals surface area contributed by atoms with E-state index in [9.17, 15) is 13.2 Å². The summed E-state index contributed by atoms with van der Waals surface area (Å²) in [5, 5.41) is 17.0. The number of hydrogen-bond acceptors (Lipinski definition) is 4. The average molecular weight is 250 g/mol. The van der Waals surface area contributed by atoms with Crippen LogP contribution in [0.4, 0.5) is 13.2 Å². The van der Waals surface area contributed by atoms with Gasteiger partial charge in [-0.25, -0.2) is 0 Å². The molecular weight excluding hydrogens is 240 g/mol.